The van der Waals surface area contributed by atoms with Crippen molar-refractivity contribution in [3.63, 3.8) is 0 Å². The predicted octanol–water partition coefficient (Wildman–Crippen LogP) is 2.08. The third-order valence-corrected chi connectivity index (χ3v) is 4.11. The number of halogens is 1. The average molecular weight is 317 g/mol. The fourth-order valence-electron chi connectivity index (χ4n) is 2.08. The van der Waals surface area contributed by atoms with E-state index in [4.69, 9.17) is 4.74 Å². The molecule has 1 heterocycles. The Morgan fingerprint density at radius 3 is 2.90 bits per heavy atom. The van der Waals surface area contributed by atoms with E-state index in [0.29, 0.717) is 11.8 Å². The molecule has 1 saturated heterocycles. The molecule has 0 bridgehead atoms. The van der Waals surface area contributed by atoms with Gasteiger partial charge in [0.15, 0.2) is 0 Å². The summed E-state index contributed by atoms with van der Waals surface area (Å²) in [5.41, 5.74) is 0. The van der Waals surface area contributed by atoms with E-state index in [-0.39, 0.29) is 18.3 Å². The summed E-state index contributed by atoms with van der Waals surface area (Å²) in [5, 5.41) is 6.37. The summed E-state index contributed by atoms with van der Waals surface area (Å²) in [7, 11) is 1.65. The van der Waals surface area contributed by atoms with Gasteiger partial charge in [0.25, 0.3) is 0 Å². The van der Waals surface area contributed by atoms with Crippen LogP contribution in [-0.2, 0) is 4.79 Å². The van der Waals surface area contributed by atoms with Crippen LogP contribution >= 0.6 is 24.2 Å². The van der Waals surface area contributed by atoms with Crippen molar-refractivity contribution in [2.75, 3.05) is 26.0 Å². The summed E-state index contributed by atoms with van der Waals surface area (Å²) in [5.74, 6) is 1.39. The zero-order chi connectivity index (χ0) is 13.5. The number of piperidine rings is 1. The van der Waals surface area contributed by atoms with Crippen molar-refractivity contribution >= 4 is 30.1 Å². The summed E-state index contributed by atoms with van der Waals surface area (Å²) < 4.78 is 5.16. The van der Waals surface area contributed by atoms with Crippen molar-refractivity contribution in [3.05, 3.63) is 24.3 Å². The minimum atomic E-state index is 0. The molecule has 2 rings (SSSR count). The Morgan fingerprint density at radius 1 is 1.45 bits per heavy atom. The number of carbonyl (C=O) groups excluding carboxylic acids is 1. The van der Waals surface area contributed by atoms with E-state index in [0.717, 1.165) is 36.6 Å². The second-order valence-electron chi connectivity index (χ2n) is 4.56. The highest BCUT2D eigenvalue weighted by atomic mass is 35.5. The molecule has 1 aromatic rings. The fraction of sp³-hybridized carbons (Fsp3) is 0.500. The lowest BCUT2D eigenvalue weighted by atomic mass is 10.1. The normalized spacial score (nSPS) is 15.2. The molecule has 0 aliphatic carbocycles. The molecule has 0 atom stereocenters. The van der Waals surface area contributed by atoms with E-state index in [1.54, 1.807) is 7.11 Å². The molecule has 1 amide bonds. The number of nitrogens with one attached hydrogen (secondary N) is 2. The van der Waals surface area contributed by atoms with Crippen molar-refractivity contribution in [1.82, 2.24) is 10.6 Å². The zero-order valence-electron chi connectivity index (χ0n) is 11.6. The molecule has 0 unspecified atom stereocenters. The number of carbonyl (C=O) groups is 1. The van der Waals surface area contributed by atoms with E-state index in [1.807, 2.05) is 24.3 Å². The number of hydrogen-bond donors (Lipinski definition) is 2. The van der Waals surface area contributed by atoms with Crippen molar-refractivity contribution in [1.29, 1.82) is 0 Å². The fourth-order valence-corrected chi connectivity index (χ4v) is 2.83. The van der Waals surface area contributed by atoms with E-state index < -0.39 is 0 Å². The summed E-state index contributed by atoms with van der Waals surface area (Å²) in [6.07, 6.45) is 2.05. The van der Waals surface area contributed by atoms with Crippen LogP contribution in [0.25, 0.3) is 0 Å². The van der Waals surface area contributed by atoms with Crippen LogP contribution in [-0.4, -0.2) is 37.9 Å². The van der Waals surface area contributed by atoms with Crippen molar-refractivity contribution in [2.24, 2.45) is 0 Å². The third-order valence-electron chi connectivity index (χ3n) is 3.12. The number of ether oxygens (including phenoxy) is 1. The molecule has 1 aliphatic rings. The van der Waals surface area contributed by atoms with Gasteiger partial charge < -0.3 is 15.4 Å². The second-order valence-corrected chi connectivity index (χ2v) is 5.61. The van der Waals surface area contributed by atoms with Crippen LogP contribution in [0.2, 0.25) is 0 Å². The predicted molar refractivity (Wildman–Crippen MR) is 85.0 cm³/mol. The Hall–Kier alpha value is -0.910. The molecule has 1 fully saturated rings. The van der Waals surface area contributed by atoms with Gasteiger partial charge in [0.05, 0.1) is 12.9 Å². The lowest BCUT2D eigenvalue weighted by molar-refractivity contribution is -0.119. The van der Waals surface area contributed by atoms with E-state index in [9.17, 15) is 4.79 Å². The van der Waals surface area contributed by atoms with Gasteiger partial charge in [-0.05, 0) is 44.1 Å². The number of rotatable bonds is 5. The maximum atomic E-state index is 11.9. The molecule has 0 radical (unpaired) electrons. The number of methoxy groups -OCH3 is 1. The molecule has 1 aliphatic heterocycles. The molecule has 4 nitrogen and oxygen atoms in total. The molecular formula is C14H21ClN2O2S. The lowest BCUT2D eigenvalue weighted by Crippen LogP contribution is -2.43. The Balaban J connectivity index is 0.00000200. The molecule has 2 N–H and O–H groups in total. The quantitative estimate of drug-likeness (QED) is 0.817. The summed E-state index contributed by atoms with van der Waals surface area (Å²) >= 11 is 1.54. The van der Waals surface area contributed by atoms with Gasteiger partial charge in [0.1, 0.15) is 5.75 Å². The first kappa shape index (κ1) is 17.1. The molecule has 0 aromatic heterocycles. The van der Waals surface area contributed by atoms with Crippen molar-refractivity contribution in [2.45, 2.75) is 23.8 Å². The van der Waals surface area contributed by atoms with Crippen LogP contribution in [0.1, 0.15) is 12.8 Å². The monoisotopic (exact) mass is 316 g/mol. The van der Waals surface area contributed by atoms with Gasteiger partial charge in [-0.15, -0.1) is 24.2 Å². The standard InChI is InChI=1S/C14H20N2O2S.ClH/c1-18-12-3-2-4-13(9-12)19-10-14(17)16-11-5-7-15-8-6-11;/h2-4,9,11,15H,5-8,10H2,1H3,(H,16,17);1H. The van der Waals surface area contributed by atoms with Crippen LogP contribution in [0.5, 0.6) is 5.75 Å². The maximum absolute atomic E-state index is 11.9. The van der Waals surface area contributed by atoms with E-state index >= 15 is 0 Å². The number of amides is 1. The smallest absolute Gasteiger partial charge is 0.230 e. The molecule has 0 saturated carbocycles. The molecular weight excluding hydrogens is 296 g/mol. The first-order valence-electron chi connectivity index (χ1n) is 6.55. The Labute approximate surface area is 130 Å². The van der Waals surface area contributed by atoms with Gasteiger partial charge in [0, 0.05) is 10.9 Å². The molecule has 6 heteroatoms. The first-order chi connectivity index (χ1) is 9.28. The Kier molecular flexibility index (Phi) is 7.80. The van der Waals surface area contributed by atoms with Gasteiger partial charge in [-0.25, -0.2) is 0 Å². The number of benzene rings is 1. The van der Waals surface area contributed by atoms with Gasteiger partial charge >= 0.3 is 0 Å². The van der Waals surface area contributed by atoms with Crippen molar-refractivity contribution in [3.8, 4) is 5.75 Å². The minimum absolute atomic E-state index is 0. The third kappa shape index (κ3) is 5.61. The summed E-state index contributed by atoms with van der Waals surface area (Å²) in [4.78, 5) is 12.9. The maximum Gasteiger partial charge on any atom is 0.230 e. The second kappa shape index (κ2) is 9.10. The highest BCUT2D eigenvalue weighted by Crippen LogP contribution is 2.22. The Bertz CT molecular complexity index is 425. The van der Waals surface area contributed by atoms with Crippen LogP contribution in [0.3, 0.4) is 0 Å². The van der Waals surface area contributed by atoms with Gasteiger partial charge in [-0.3, -0.25) is 4.79 Å². The van der Waals surface area contributed by atoms with Crippen molar-refractivity contribution < 1.29 is 9.53 Å². The Morgan fingerprint density at radius 2 is 2.20 bits per heavy atom. The molecule has 20 heavy (non-hydrogen) atoms. The largest absolute Gasteiger partial charge is 0.497 e. The van der Waals surface area contributed by atoms with Crippen LogP contribution in [0.4, 0.5) is 0 Å². The van der Waals surface area contributed by atoms with Gasteiger partial charge in [-0.2, -0.15) is 0 Å². The first-order valence-corrected chi connectivity index (χ1v) is 7.53. The SMILES string of the molecule is COc1cccc(SCC(=O)NC2CCNCC2)c1.Cl. The van der Waals surface area contributed by atoms with E-state index in [1.165, 1.54) is 11.8 Å². The lowest BCUT2D eigenvalue weighted by Gasteiger charge is -2.23. The van der Waals surface area contributed by atoms with Gasteiger partial charge in [0.2, 0.25) is 5.91 Å². The van der Waals surface area contributed by atoms with Crippen LogP contribution in [0.15, 0.2) is 29.2 Å². The number of thioether (sulfide) groups is 1. The molecule has 112 valence electrons. The van der Waals surface area contributed by atoms with Gasteiger partial charge in [-0.1, -0.05) is 6.07 Å². The summed E-state index contributed by atoms with van der Waals surface area (Å²) in [6, 6.07) is 8.11. The van der Waals surface area contributed by atoms with Crippen LogP contribution < -0.4 is 15.4 Å². The highest BCUT2D eigenvalue weighted by Gasteiger charge is 2.15. The topological polar surface area (TPSA) is 50.4 Å². The zero-order valence-corrected chi connectivity index (χ0v) is 13.2. The highest BCUT2D eigenvalue weighted by molar-refractivity contribution is 8.00. The minimum Gasteiger partial charge on any atom is -0.497 e. The molecule has 0 spiro atoms. The number of hydrogen-bond acceptors (Lipinski definition) is 4. The van der Waals surface area contributed by atoms with E-state index in [2.05, 4.69) is 10.6 Å². The summed E-state index contributed by atoms with van der Waals surface area (Å²) in [6.45, 7) is 1.99. The molecule has 1 aromatic carbocycles. The average Bonchev–Trinajstić information content (AvgIpc) is 2.46. The van der Waals surface area contributed by atoms with Crippen LogP contribution in [0, 0.1) is 0 Å².